The van der Waals surface area contributed by atoms with Crippen molar-refractivity contribution in [3.8, 4) is 10.6 Å². The van der Waals surface area contributed by atoms with Gasteiger partial charge in [0.1, 0.15) is 11.3 Å². The molecule has 1 heterocycles. The summed E-state index contributed by atoms with van der Waals surface area (Å²) in [5.41, 5.74) is 1.76. The Balaban J connectivity index is 2.38. The topological polar surface area (TPSA) is 30.0 Å². The van der Waals surface area contributed by atoms with Gasteiger partial charge in [-0.25, -0.2) is 4.98 Å². The van der Waals surface area contributed by atoms with Gasteiger partial charge < -0.3 is 0 Å². The van der Waals surface area contributed by atoms with E-state index in [1.807, 2.05) is 25.3 Å². The molecule has 0 amide bonds. The summed E-state index contributed by atoms with van der Waals surface area (Å²) in [5, 5.41) is 1.000. The van der Waals surface area contributed by atoms with Crippen molar-refractivity contribution < 1.29 is 4.79 Å². The van der Waals surface area contributed by atoms with Gasteiger partial charge in [-0.1, -0.05) is 24.3 Å². The lowest BCUT2D eigenvalue weighted by Gasteiger charge is -1.95. The molecule has 0 bridgehead atoms. The van der Waals surface area contributed by atoms with Gasteiger partial charge in [-0.05, 0) is 6.92 Å². The molecular weight excluding hydrogens is 194 g/mol. The Hall–Kier alpha value is -1.48. The van der Waals surface area contributed by atoms with Crippen LogP contribution in [0.2, 0.25) is 0 Å². The van der Waals surface area contributed by atoms with Crippen molar-refractivity contribution in [2.75, 3.05) is 0 Å². The molecule has 2 rings (SSSR count). The number of thiazole rings is 1. The first-order valence-electron chi connectivity index (χ1n) is 4.27. The number of nitrogens with zero attached hydrogens (tertiary/aromatic N) is 1. The van der Waals surface area contributed by atoms with Crippen LogP contribution in [-0.2, 0) is 0 Å². The molecule has 14 heavy (non-hydrogen) atoms. The Morgan fingerprint density at radius 3 is 2.50 bits per heavy atom. The molecule has 0 saturated heterocycles. The lowest BCUT2D eigenvalue weighted by atomic mass is 10.1. The minimum Gasteiger partial charge on any atom is -0.298 e. The third kappa shape index (κ3) is 1.72. The van der Waals surface area contributed by atoms with Crippen LogP contribution in [0.3, 0.4) is 0 Å². The smallest absolute Gasteiger partial charge is 0.150 e. The minimum absolute atomic E-state index is 0.696. The van der Waals surface area contributed by atoms with E-state index in [0.29, 0.717) is 5.56 Å². The van der Waals surface area contributed by atoms with Gasteiger partial charge in [0.15, 0.2) is 0 Å². The molecule has 3 heteroatoms. The summed E-state index contributed by atoms with van der Waals surface area (Å²) in [4.78, 5) is 15.9. The standard InChI is InChI=1S/C11H9NOS/c1-8-6-12-11(14-8)10-4-2-9(7-13)3-5-10/h2-7H,1H3. The third-order valence-corrected chi connectivity index (χ3v) is 2.88. The first-order chi connectivity index (χ1) is 6.79. The van der Waals surface area contributed by atoms with Crippen molar-refractivity contribution in [2.24, 2.45) is 0 Å². The zero-order valence-electron chi connectivity index (χ0n) is 7.73. The van der Waals surface area contributed by atoms with Gasteiger partial charge in [0.2, 0.25) is 0 Å². The van der Waals surface area contributed by atoms with E-state index in [1.54, 1.807) is 23.5 Å². The fourth-order valence-corrected chi connectivity index (χ4v) is 1.96. The fourth-order valence-electron chi connectivity index (χ4n) is 1.19. The minimum atomic E-state index is 0.696. The van der Waals surface area contributed by atoms with Crippen LogP contribution in [0.25, 0.3) is 10.6 Å². The lowest BCUT2D eigenvalue weighted by molar-refractivity contribution is 0.112. The van der Waals surface area contributed by atoms with E-state index in [4.69, 9.17) is 0 Å². The summed E-state index contributed by atoms with van der Waals surface area (Å²) < 4.78 is 0. The van der Waals surface area contributed by atoms with Crippen LogP contribution in [0.5, 0.6) is 0 Å². The predicted molar refractivity (Wildman–Crippen MR) is 57.7 cm³/mol. The van der Waals surface area contributed by atoms with Gasteiger partial charge in [-0.2, -0.15) is 0 Å². The SMILES string of the molecule is Cc1cnc(-c2ccc(C=O)cc2)s1. The number of aldehydes is 1. The second kappa shape index (κ2) is 3.72. The van der Waals surface area contributed by atoms with Crippen LogP contribution in [-0.4, -0.2) is 11.3 Å². The summed E-state index contributed by atoms with van der Waals surface area (Å²) in [5.74, 6) is 0. The molecule has 0 saturated carbocycles. The third-order valence-electron chi connectivity index (χ3n) is 1.91. The van der Waals surface area contributed by atoms with Gasteiger partial charge in [-0.3, -0.25) is 4.79 Å². The first-order valence-corrected chi connectivity index (χ1v) is 5.09. The molecule has 0 atom stereocenters. The number of benzene rings is 1. The molecule has 1 aromatic heterocycles. The number of hydrogen-bond donors (Lipinski definition) is 0. The zero-order chi connectivity index (χ0) is 9.97. The van der Waals surface area contributed by atoms with Crippen molar-refractivity contribution >= 4 is 17.6 Å². The number of aromatic nitrogens is 1. The van der Waals surface area contributed by atoms with E-state index >= 15 is 0 Å². The Labute approximate surface area is 86.2 Å². The molecular formula is C11H9NOS. The Morgan fingerprint density at radius 1 is 1.29 bits per heavy atom. The Kier molecular flexibility index (Phi) is 2.41. The second-order valence-electron chi connectivity index (χ2n) is 3.02. The number of carbonyl (C=O) groups is 1. The van der Waals surface area contributed by atoms with Gasteiger partial charge in [0.25, 0.3) is 0 Å². The second-order valence-corrected chi connectivity index (χ2v) is 4.25. The highest BCUT2D eigenvalue weighted by Crippen LogP contribution is 2.24. The summed E-state index contributed by atoms with van der Waals surface area (Å²) >= 11 is 1.65. The number of carbonyl (C=O) groups excluding carboxylic acids is 1. The van der Waals surface area contributed by atoms with Crippen molar-refractivity contribution in [1.82, 2.24) is 4.98 Å². The van der Waals surface area contributed by atoms with Crippen molar-refractivity contribution in [3.05, 3.63) is 40.9 Å². The summed E-state index contributed by atoms with van der Waals surface area (Å²) in [7, 11) is 0. The van der Waals surface area contributed by atoms with Crippen molar-refractivity contribution in [3.63, 3.8) is 0 Å². The molecule has 0 aliphatic heterocycles. The first kappa shape index (κ1) is 9.09. The molecule has 2 nitrogen and oxygen atoms in total. The number of aryl methyl sites for hydroxylation is 1. The van der Waals surface area contributed by atoms with E-state index in [1.165, 1.54) is 4.88 Å². The number of hydrogen-bond acceptors (Lipinski definition) is 3. The molecule has 70 valence electrons. The molecule has 2 aromatic rings. The van der Waals surface area contributed by atoms with Crippen molar-refractivity contribution in [2.45, 2.75) is 6.92 Å². The van der Waals surface area contributed by atoms with E-state index in [9.17, 15) is 4.79 Å². The van der Waals surface area contributed by atoms with Crippen LogP contribution >= 0.6 is 11.3 Å². The van der Waals surface area contributed by atoms with Crippen molar-refractivity contribution in [1.29, 1.82) is 0 Å². The van der Waals surface area contributed by atoms with Gasteiger partial charge in [-0.15, -0.1) is 11.3 Å². The van der Waals surface area contributed by atoms with Crippen LogP contribution in [0.15, 0.2) is 30.5 Å². The van der Waals surface area contributed by atoms with E-state index in [-0.39, 0.29) is 0 Å². The lowest BCUT2D eigenvalue weighted by Crippen LogP contribution is -1.79. The maximum atomic E-state index is 10.4. The molecule has 0 spiro atoms. The van der Waals surface area contributed by atoms with Gasteiger partial charge in [0, 0.05) is 22.2 Å². The summed E-state index contributed by atoms with van der Waals surface area (Å²) in [6.07, 6.45) is 2.70. The average Bonchev–Trinajstić information content (AvgIpc) is 2.65. The molecule has 0 aliphatic rings. The molecule has 0 N–H and O–H groups in total. The van der Waals surface area contributed by atoms with E-state index < -0.39 is 0 Å². The molecule has 1 aromatic carbocycles. The van der Waals surface area contributed by atoms with Gasteiger partial charge >= 0.3 is 0 Å². The zero-order valence-corrected chi connectivity index (χ0v) is 8.54. The monoisotopic (exact) mass is 203 g/mol. The summed E-state index contributed by atoms with van der Waals surface area (Å²) in [6.45, 7) is 2.03. The highest BCUT2D eigenvalue weighted by atomic mass is 32.1. The number of rotatable bonds is 2. The van der Waals surface area contributed by atoms with Gasteiger partial charge in [0.05, 0.1) is 0 Å². The van der Waals surface area contributed by atoms with E-state index in [0.717, 1.165) is 16.9 Å². The van der Waals surface area contributed by atoms with Crippen LogP contribution < -0.4 is 0 Å². The Morgan fingerprint density at radius 2 is 2.00 bits per heavy atom. The highest BCUT2D eigenvalue weighted by molar-refractivity contribution is 7.14. The summed E-state index contributed by atoms with van der Waals surface area (Å²) in [6, 6.07) is 7.45. The van der Waals surface area contributed by atoms with E-state index in [2.05, 4.69) is 4.98 Å². The molecule has 0 unspecified atom stereocenters. The van der Waals surface area contributed by atoms with Crippen LogP contribution in [0.4, 0.5) is 0 Å². The molecule has 0 radical (unpaired) electrons. The normalized spacial score (nSPS) is 10.1. The van der Waals surface area contributed by atoms with Crippen LogP contribution in [0, 0.1) is 6.92 Å². The maximum absolute atomic E-state index is 10.4. The quantitative estimate of drug-likeness (QED) is 0.702. The average molecular weight is 203 g/mol. The fraction of sp³-hybridized carbons (Fsp3) is 0.0909. The van der Waals surface area contributed by atoms with Crippen LogP contribution in [0.1, 0.15) is 15.2 Å². The Bertz CT molecular complexity index is 445. The largest absolute Gasteiger partial charge is 0.298 e. The maximum Gasteiger partial charge on any atom is 0.150 e. The highest BCUT2D eigenvalue weighted by Gasteiger charge is 2.01. The molecule has 0 aliphatic carbocycles. The molecule has 0 fully saturated rings. The predicted octanol–water partition coefficient (Wildman–Crippen LogP) is 2.93.